The van der Waals surface area contributed by atoms with Crippen molar-refractivity contribution in [2.24, 2.45) is 0 Å². The Morgan fingerprint density at radius 1 is 1.00 bits per heavy atom. The van der Waals surface area contributed by atoms with Crippen LogP contribution in [0.3, 0.4) is 0 Å². The number of alkyl halides is 4. The molecule has 0 bridgehead atoms. The molecule has 10 nitrogen and oxygen atoms in total. The molecule has 0 saturated carbocycles. The van der Waals surface area contributed by atoms with E-state index in [0.29, 0.717) is 12.4 Å². The van der Waals surface area contributed by atoms with E-state index in [-0.39, 0.29) is 22.9 Å². The first-order valence-electron chi connectivity index (χ1n) is 10.3. The zero-order chi connectivity index (χ0) is 25.9. The Labute approximate surface area is 205 Å². The molecule has 0 atom stereocenters. The number of ether oxygens (including phenoxy) is 2. The number of amides is 3. The van der Waals surface area contributed by atoms with Gasteiger partial charge in [0.1, 0.15) is 16.5 Å². The molecule has 1 aliphatic rings. The molecule has 0 unspecified atom stereocenters. The molecule has 0 aliphatic carbocycles. The molecular weight excluding hydrogens is 508 g/mol. The van der Waals surface area contributed by atoms with Gasteiger partial charge < -0.3 is 25.4 Å². The first-order chi connectivity index (χ1) is 17.1. The maximum Gasteiger partial charge on any atom is 0.507 e. The Morgan fingerprint density at radius 3 is 2.50 bits per heavy atom. The highest BCUT2D eigenvalue weighted by Crippen LogP contribution is 2.47. The number of hydrogen-bond donors (Lipinski definition) is 4. The van der Waals surface area contributed by atoms with Crippen LogP contribution in [0.2, 0.25) is 0 Å². The number of fused-ring (bicyclic) bond motifs is 1. The van der Waals surface area contributed by atoms with Crippen molar-refractivity contribution in [2.45, 2.75) is 25.7 Å². The molecule has 0 radical (unpaired) electrons. The second-order valence-electron chi connectivity index (χ2n) is 7.27. The number of carbonyl (C=O) groups is 2. The minimum Gasteiger partial charge on any atom is -0.421 e. The van der Waals surface area contributed by atoms with Crippen LogP contribution in [0.1, 0.15) is 22.2 Å². The molecular formula is C21H18F4N6O4S. The van der Waals surface area contributed by atoms with Crippen molar-refractivity contribution in [1.29, 1.82) is 0 Å². The zero-order valence-electron chi connectivity index (χ0n) is 18.4. The van der Waals surface area contributed by atoms with Crippen LogP contribution >= 0.6 is 11.3 Å². The van der Waals surface area contributed by atoms with Crippen molar-refractivity contribution >= 4 is 40.6 Å². The summed E-state index contributed by atoms with van der Waals surface area (Å²) in [6.07, 6.45) is -8.20. The van der Waals surface area contributed by atoms with Gasteiger partial charge in [0.2, 0.25) is 0 Å². The van der Waals surface area contributed by atoms with Crippen LogP contribution in [0.4, 0.5) is 39.7 Å². The van der Waals surface area contributed by atoms with E-state index in [1.165, 1.54) is 17.8 Å². The Bertz CT molecular complexity index is 1290. The molecule has 3 amide bonds. The fourth-order valence-electron chi connectivity index (χ4n) is 3.03. The van der Waals surface area contributed by atoms with Crippen LogP contribution in [0.15, 0.2) is 42.0 Å². The Hall–Kier alpha value is -4.14. The highest BCUT2D eigenvalue weighted by atomic mass is 32.1. The van der Waals surface area contributed by atoms with E-state index >= 15 is 0 Å². The van der Waals surface area contributed by atoms with Gasteiger partial charge in [-0.2, -0.15) is 17.6 Å². The minimum atomic E-state index is -4.88. The monoisotopic (exact) mass is 526 g/mol. The Balaban J connectivity index is 1.41. The van der Waals surface area contributed by atoms with Gasteiger partial charge in [0.25, 0.3) is 5.91 Å². The molecule has 1 aromatic carbocycles. The van der Waals surface area contributed by atoms with E-state index < -0.39 is 35.7 Å². The number of anilines is 3. The lowest BCUT2D eigenvalue weighted by Crippen LogP contribution is -2.52. The van der Waals surface area contributed by atoms with Crippen LogP contribution in [-0.4, -0.2) is 40.7 Å². The highest BCUT2D eigenvalue weighted by Gasteiger charge is 2.65. The summed E-state index contributed by atoms with van der Waals surface area (Å²) in [6.45, 7) is 2.47. The first kappa shape index (κ1) is 25.0. The number of rotatable bonds is 7. The van der Waals surface area contributed by atoms with Gasteiger partial charge in [0, 0.05) is 31.0 Å². The van der Waals surface area contributed by atoms with Crippen molar-refractivity contribution < 1.29 is 36.6 Å². The lowest BCUT2D eigenvalue weighted by molar-refractivity contribution is -0.391. The van der Waals surface area contributed by atoms with Crippen molar-refractivity contribution in [2.75, 3.05) is 22.5 Å². The lowest BCUT2D eigenvalue weighted by atomic mass is 10.2. The second-order valence-corrected chi connectivity index (χ2v) is 8.13. The molecule has 0 fully saturated rings. The van der Waals surface area contributed by atoms with Crippen LogP contribution in [0.25, 0.3) is 0 Å². The number of hydrogen-bond acceptors (Lipinski definition) is 8. The number of benzene rings is 1. The molecule has 1 aliphatic heterocycles. The predicted molar refractivity (Wildman–Crippen MR) is 122 cm³/mol. The summed E-state index contributed by atoms with van der Waals surface area (Å²) in [4.78, 5) is 32.8. The van der Waals surface area contributed by atoms with Gasteiger partial charge >= 0.3 is 18.2 Å². The van der Waals surface area contributed by atoms with Gasteiger partial charge in [-0.05, 0) is 36.8 Å². The van der Waals surface area contributed by atoms with Crippen LogP contribution in [0.5, 0.6) is 11.5 Å². The molecule has 0 spiro atoms. The van der Waals surface area contributed by atoms with Crippen molar-refractivity contribution in [3.05, 3.63) is 52.5 Å². The quantitative estimate of drug-likeness (QED) is 0.334. The highest BCUT2D eigenvalue weighted by molar-refractivity contribution is 7.12. The van der Waals surface area contributed by atoms with Gasteiger partial charge in [0.15, 0.2) is 11.5 Å². The van der Waals surface area contributed by atoms with Crippen LogP contribution in [-0.2, 0) is 6.54 Å². The molecule has 4 rings (SSSR count). The summed E-state index contributed by atoms with van der Waals surface area (Å²) >= 11 is 1.02. The third-order valence-corrected chi connectivity index (χ3v) is 5.48. The first-order valence-corrected chi connectivity index (χ1v) is 11.2. The van der Waals surface area contributed by atoms with E-state index in [1.807, 2.05) is 0 Å². The minimum absolute atomic E-state index is 0.0120. The number of thiazole rings is 1. The van der Waals surface area contributed by atoms with Crippen molar-refractivity contribution in [3.8, 4) is 11.5 Å². The fraction of sp³-hybridized carbons (Fsp3) is 0.238. The van der Waals surface area contributed by atoms with Gasteiger partial charge in [0.05, 0.1) is 5.51 Å². The topological polar surface area (TPSA) is 127 Å². The maximum absolute atomic E-state index is 13.5. The molecule has 4 N–H and O–H groups in total. The second kappa shape index (κ2) is 9.85. The molecule has 36 heavy (non-hydrogen) atoms. The number of carbonyl (C=O) groups excluding carboxylic acids is 2. The van der Waals surface area contributed by atoms with E-state index in [9.17, 15) is 27.2 Å². The molecule has 2 aromatic heterocycles. The average Bonchev–Trinajstić information content (AvgIpc) is 3.27. The van der Waals surface area contributed by atoms with Gasteiger partial charge in [-0.3, -0.25) is 10.1 Å². The van der Waals surface area contributed by atoms with E-state index in [0.717, 1.165) is 29.0 Å². The molecule has 0 saturated heterocycles. The summed E-state index contributed by atoms with van der Waals surface area (Å²) in [5, 5.41) is 10.7. The fourth-order valence-corrected chi connectivity index (χ4v) is 3.68. The number of aromatic nitrogens is 2. The van der Waals surface area contributed by atoms with E-state index in [1.54, 1.807) is 19.1 Å². The lowest BCUT2D eigenvalue weighted by Gasteiger charge is -2.31. The number of nitrogens with zero attached hydrogens (tertiary/aromatic N) is 2. The van der Waals surface area contributed by atoms with E-state index in [4.69, 9.17) is 0 Å². The SMILES string of the molecule is CCNC(=O)Nc1cc(CNc2ncsc2C(=O)Nc2ccc3c(c2)OC(F)(F)C(F)(F)O3)ccn1. The molecule has 15 heteroatoms. The predicted octanol–water partition coefficient (Wildman–Crippen LogP) is 4.50. The average molecular weight is 526 g/mol. The summed E-state index contributed by atoms with van der Waals surface area (Å²) in [6, 6.07) is 6.08. The largest absolute Gasteiger partial charge is 0.507 e. The Kier molecular flexibility index (Phi) is 6.83. The smallest absolute Gasteiger partial charge is 0.421 e. The van der Waals surface area contributed by atoms with Crippen LogP contribution < -0.4 is 30.7 Å². The molecule has 3 heterocycles. The van der Waals surface area contributed by atoms with Gasteiger partial charge in [-0.15, -0.1) is 11.3 Å². The Morgan fingerprint density at radius 2 is 1.75 bits per heavy atom. The van der Waals surface area contributed by atoms with Crippen molar-refractivity contribution in [1.82, 2.24) is 15.3 Å². The van der Waals surface area contributed by atoms with Gasteiger partial charge in [-0.1, -0.05) is 0 Å². The summed E-state index contributed by atoms with van der Waals surface area (Å²) in [5.41, 5.74) is 2.18. The number of nitrogens with one attached hydrogen (secondary N) is 4. The normalized spacial score (nSPS) is 15.0. The maximum atomic E-state index is 13.5. The van der Waals surface area contributed by atoms with Crippen LogP contribution in [0, 0.1) is 0 Å². The number of pyridine rings is 1. The third kappa shape index (κ3) is 5.40. The van der Waals surface area contributed by atoms with E-state index in [2.05, 4.69) is 40.7 Å². The molecule has 3 aromatic rings. The number of urea groups is 1. The van der Waals surface area contributed by atoms with Gasteiger partial charge in [-0.25, -0.2) is 14.8 Å². The zero-order valence-corrected chi connectivity index (χ0v) is 19.2. The third-order valence-electron chi connectivity index (χ3n) is 4.65. The van der Waals surface area contributed by atoms with Crippen molar-refractivity contribution in [3.63, 3.8) is 0 Å². The molecule has 190 valence electrons. The summed E-state index contributed by atoms with van der Waals surface area (Å²) in [5.74, 6) is -1.29. The standard InChI is InChI=1S/C21H18F4N6O4S/c1-2-26-19(33)31-15-7-11(5-6-27-15)9-28-17-16(36-10-29-17)18(32)30-12-3-4-13-14(8-12)35-21(24,25)20(22,23)34-13/h3-8,10,28H,2,9H2,1H3,(H,30,32)(H2,26,27,31,33). The number of halogens is 4. The summed E-state index contributed by atoms with van der Waals surface area (Å²) < 4.78 is 61.6. The summed E-state index contributed by atoms with van der Waals surface area (Å²) in [7, 11) is 0.